The number of carboxylic acid groups (broad SMARTS) is 1. The molecule has 8 heteroatoms. The lowest BCUT2D eigenvalue weighted by molar-refractivity contribution is -0.142. The van der Waals surface area contributed by atoms with Gasteiger partial charge in [0.1, 0.15) is 11.0 Å². The van der Waals surface area contributed by atoms with E-state index in [-0.39, 0.29) is 25.0 Å². The van der Waals surface area contributed by atoms with Crippen LogP contribution in [0.1, 0.15) is 18.5 Å². The Morgan fingerprint density at radius 1 is 1.32 bits per heavy atom. The second-order valence-corrected chi connectivity index (χ2v) is 6.97. The van der Waals surface area contributed by atoms with Gasteiger partial charge in [-0.25, -0.2) is 9.78 Å². The first kappa shape index (κ1) is 15.9. The molecule has 0 saturated heterocycles. The zero-order valence-corrected chi connectivity index (χ0v) is 14.0. The lowest BCUT2D eigenvalue weighted by Gasteiger charge is -2.12. The molecule has 25 heavy (non-hydrogen) atoms. The normalized spacial score (nSPS) is 16.5. The van der Waals surface area contributed by atoms with Crippen LogP contribution in [0.25, 0.3) is 10.6 Å². The van der Waals surface area contributed by atoms with Crippen molar-refractivity contribution in [3.05, 3.63) is 29.3 Å². The van der Waals surface area contributed by atoms with Gasteiger partial charge in [-0.1, -0.05) is 0 Å². The highest BCUT2D eigenvalue weighted by molar-refractivity contribution is 7.13. The number of fused-ring (bicyclic) bond motifs is 1. The number of thiazole rings is 1. The monoisotopic (exact) mass is 360 g/mol. The summed E-state index contributed by atoms with van der Waals surface area (Å²) in [5.74, 6) is 0.151. The van der Waals surface area contributed by atoms with Crippen molar-refractivity contribution in [2.75, 3.05) is 6.79 Å². The van der Waals surface area contributed by atoms with Gasteiger partial charge in [0.05, 0.1) is 12.1 Å². The zero-order chi connectivity index (χ0) is 17.4. The van der Waals surface area contributed by atoms with Gasteiger partial charge in [-0.05, 0) is 37.0 Å². The van der Waals surface area contributed by atoms with E-state index in [9.17, 15) is 14.7 Å². The summed E-state index contributed by atoms with van der Waals surface area (Å²) in [7, 11) is 0. The van der Waals surface area contributed by atoms with E-state index in [1.807, 2.05) is 23.6 Å². The third kappa shape index (κ3) is 3.43. The molecule has 1 aliphatic heterocycles. The number of amides is 1. The molecule has 0 bridgehead atoms. The van der Waals surface area contributed by atoms with Crippen LogP contribution in [0.3, 0.4) is 0 Å². The predicted molar refractivity (Wildman–Crippen MR) is 89.7 cm³/mol. The van der Waals surface area contributed by atoms with Crippen LogP contribution < -0.4 is 14.8 Å². The number of aromatic nitrogens is 1. The van der Waals surface area contributed by atoms with Crippen LogP contribution in [0.5, 0.6) is 11.5 Å². The molecule has 1 fully saturated rings. The number of carbonyl (C=O) groups is 2. The molecule has 2 heterocycles. The highest BCUT2D eigenvalue weighted by atomic mass is 32.1. The summed E-state index contributed by atoms with van der Waals surface area (Å²) in [6, 6.07) is 4.79. The van der Waals surface area contributed by atoms with Gasteiger partial charge in [0.2, 0.25) is 12.7 Å². The molecule has 1 aromatic heterocycles. The van der Waals surface area contributed by atoms with Crippen LogP contribution in [-0.4, -0.2) is 34.8 Å². The first-order valence-corrected chi connectivity index (χ1v) is 8.85. The average Bonchev–Trinajstić information content (AvgIpc) is 3.13. The fourth-order valence-electron chi connectivity index (χ4n) is 2.75. The highest BCUT2D eigenvalue weighted by Crippen LogP contribution is 2.36. The quantitative estimate of drug-likeness (QED) is 0.818. The number of rotatable bonds is 6. The molecule has 2 N–H and O–H groups in total. The number of hydrogen-bond acceptors (Lipinski definition) is 6. The Hall–Kier alpha value is -2.61. The summed E-state index contributed by atoms with van der Waals surface area (Å²) in [4.78, 5) is 27.8. The third-order valence-electron chi connectivity index (χ3n) is 4.19. The Bertz CT molecular complexity index is 830. The zero-order valence-electron chi connectivity index (χ0n) is 13.2. The van der Waals surface area contributed by atoms with Crippen molar-refractivity contribution >= 4 is 23.2 Å². The Morgan fingerprint density at radius 3 is 2.88 bits per heavy atom. The van der Waals surface area contributed by atoms with Crippen molar-refractivity contribution in [1.82, 2.24) is 10.3 Å². The molecular weight excluding hydrogens is 344 g/mol. The van der Waals surface area contributed by atoms with E-state index in [0.717, 1.165) is 23.4 Å². The van der Waals surface area contributed by atoms with E-state index in [4.69, 9.17) is 9.47 Å². The van der Waals surface area contributed by atoms with E-state index in [0.29, 0.717) is 17.2 Å². The molecule has 2 aliphatic rings. The number of benzene rings is 1. The summed E-state index contributed by atoms with van der Waals surface area (Å²) in [5, 5.41) is 14.4. The minimum Gasteiger partial charge on any atom is -0.480 e. The van der Waals surface area contributed by atoms with E-state index >= 15 is 0 Å². The second-order valence-electron chi connectivity index (χ2n) is 6.11. The van der Waals surface area contributed by atoms with Crippen LogP contribution in [0.4, 0.5) is 0 Å². The number of nitrogens with one attached hydrogen (secondary N) is 1. The Labute approximate surface area is 147 Å². The second kappa shape index (κ2) is 6.36. The summed E-state index contributed by atoms with van der Waals surface area (Å²) in [6.45, 7) is 0.216. The minimum atomic E-state index is -0.977. The van der Waals surface area contributed by atoms with E-state index in [2.05, 4.69) is 10.3 Å². The molecule has 1 aliphatic carbocycles. The van der Waals surface area contributed by atoms with Crippen molar-refractivity contribution in [1.29, 1.82) is 0 Å². The lowest BCUT2D eigenvalue weighted by Crippen LogP contribution is -2.43. The number of carboxylic acids is 1. The predicted octanol–water partition coefficient (Wildman–Crippen LogP) is 2.06. The number of ether oxygens (including phenoxy) is 2. The first-order chi connectivity index (χ1) is 12.1. The van der Waals surface area contributed by atoms with Gasteiger partial charge >= 0.3 is 5.97 Å². The van der Waals surface area contributed by atoms with Gasteiger partial charge in [0, 0.05) is 10.9 Å². The van der Waals surface area contributed by atoms with Gasteiger partial charge in [-0.15, -0.1) is 11.3 Å². The van der Waals surface area contributed by atoms with E-state index in [1.54, 1.807) is 0 Å². The van der Waals surface area contributed by atoms with Crippen molar-refractivity contribution in [2.45, 2.75) is 25.3 Å². The van der Waals surface area contributed by atoms with Gasteiger partial charge in [-0.2, -0.15) is 0 Å². The minimum absolute atomic E-state index is 0.0566. The number of nitrogens with zero attached hydrogens (tertiary/aromatic N) is 1. The largest absolute Gasteiger partial charge is 0.480 e. The van der Waals surface area contributed by atoms with Crippen LogP contribution in [0, 0.1) is 5.92 Å². The third-order valence-corrected chi connectivity index (χ3v) is 5.13. The molecular formula is C17H16N2O5S. The Balaban J connectivity index is 1.42. The molecule has 1 unspecified atom stereocenters. The van der Waals surface area contributed by atoms with E-state index in [1.165, 1.54) is 11.3 Å². The van der Waals surface area contributed by atoms with Crippen molar-refractivity contribution in [3.63, 3.8) is 0 Å². The summed E-state index contributed by atoms with van der Waals surface area (Å²) in [6.07, 6.45) is 1.77. The van der Waals surface area contributed by atoms with E-state index < -0.39 is 12.0 Å². The molecule has 130 valence electrons. The molecule has 1 amide bonds. The molecule has 0 spiro atoms. The number of hydrogen-bond donors (Lipinski definition) is 2. The standard InChI is InChI=1S/C17H16N2O5S/c20-14(19-15(17(21)22)9-1-2-9)6-11-7-25-16(18-11)10-3-4-12-13(5-10)24-8-23-12/h3-5,7,9,15H,1-2,6,8H2,(H,19,20)(H,21,22). The number of aliphatic carboxylic acids is 1. The number of carbonyl (C=O) groups excluding carboxylic acids is 1. The Morgan fingerprint density at radius 2 is 2.12 bits per heavy atom. The lowest BCUT2D eigenvalue weighted by atomic mass is 10.2. The highest BCUT2D eigenvalue weighted by Gasteiger charge is 2.37. The fourth-order valence-corrected chi connectivity index (χ4v) is 3.57. The van der Waals surface area contributed by atoms with Gasteiger partial charge in [-0.3, -0.25) is 4.79 Å². The maximum Gasteiger partial charge on any atom is 0.326 e. The summed E-state index contributed by atoms with van der Waals surface area (Å²) >= 11 is 1.43. The molecule has 2 aromatic rings. The van der Waals surface area contributed by atoms with Crippen molar-refractivity contribution in [3.8, 4) is 22.1 Å². The molecule has 1 atom stereocenters. The van der Waals surface area contributed by atoms with Crippen LogP contribution in [0.15, 0.2) is 23.6 Å². The SMILES string of the molecule is O=C(Cc1csc(-c2ccc3c(c2)OCO3)n1)NC(C(=O)O)C1CC1. The smallest absolute Gasteiger partial charge is 0.326 e. The van der Waals surface area contributed by atoms with Gasteiger partial charge in [0.25, 0.3) is 0 Å². The van der Waals surface area contributed by atoms with Crippen LogP contribution in [0.2, 0.25) is 0 Å². The van der Waals surface area contributed by atoms with Gasteiger partial charge < -0.3 is 19.9 Å². The maximum atomic E-state index is 12.1. The van der Waals surface area contributed by atoms with Crippen LogP contribution in [-0.2, 0) is 16.0 Å². The molecule has 1 aromatic carbocycles. The van der Waals surface area contributed by atoms with Gasteiger partial charge in [0.15, 0.2) is 11.5 Å². The average molecular weight is 360 g/mol. The molecule has 7 nitrogen and oxygen atoms in total. The molecule has 4 rings (SSSR count). The first-order valence-electron chi connectivity index (χ1n) is 7.97. The van der Waals surface area contributed by atoms with Crippen molar-refractivity contribution in [2.24, 2.45) is 5.92 Å². The fraction of sp³-hybridized carbons (Fsp3) is 0.353. The molecule has 0 radical (unpaired) electrons. The van der Waals surface area contributed by atoms with Crippen LogP contribution >= 0.6 is 11.3 Å². The topological polar surface area (TPSA) is 97.8 Å². The summed E-state index contributed by atoms with van der Waals surface area (Å²) < 4.78 is 10.6. The maximum absolute atomic E-state index is 12.1. The van der Waals surface area contributed by atoms with Crippen molar-refractivity contribution < 1.29 is 24.2 Å². The Kier molecular flexibility index (Phi) is 4.04. The molecule has 1 saturated carbocycles. The summed E-state index contributed by atoms with van der Waals surface area (Å²) in [5.41, 5.74) is 1.51.